The van der Waals surface area contributed by atoms with Crippen molar-refractivity contribution in [3.8, 4) is 17.6 Å². The molecule has 4 aromatic rings. The molecule has 35 heavy (non-hydrogen) atoms. The van der Waals surface area contributed by atoms with Gasteiger partial charge in [-0.2, -0.15) is 5.26 Å². The molecule has 0 radical (unpaired) electrons. The summed E-state index contributed by atoms with van der Waals surface area (Å²) in [5.41, 5.74) is 8.01. The van der Waals surface area contributed by atoms with Gasteiger partial charge in [-0.15, -0.1) is 0 Å². The van der Waals surface area contributed by atoms with Gasteiger partial charge >= 0.3 is 0 Å². The minimum absolute atomic E-state index is 0.246. The van der Waals surface area contributed by atoms with E-state index in [9.17, 15) is 9.65 Å². The molecule has 0 unspecified atom stereocenters. The van der Waals surface area contributed by atoms with Gasteiger partial charge in [0.05, 0.1) is 24.6 Å². The van der Waals surface area contributed by atoms with E-state index in [-0.39, 0.29) is 11.7 Å². The van der Waals surface area contributed by atoms with Crippen molar-refractivity contribution in [2.45, 2.75) is 39.7 Å². The number of hydrogen-bond donors (Lipinski definition) is 0. The minimum atomic E-state index is -0.367. The Morgan fingerprint density at radius 2 is 2.00 bits per heavy atom. The summed E-state index contributed by atoms with van der Waals surface area (Å²) in [6.45, 7) is 6.35. The Bertz CT molecular complexity index is 1530. The number of halogens is 1. The van der Waals surface area contributed by atoms with Gasteiger partial charge in [-0.3, -0.25) is 0 Å². The van der Waals surface area contributed by atoms with E-state index in [1.807, 2.05) is 24.4 Å². The molecule has 1 aliphatic heterocycles. The number of nitrogens with zero attached hydrogens (tertiary/aromatic N) is 3. The van der Waals surface area contributed by atoms with Crippen molar-refractivity contribution in [3.05, 3.63) is 99.8 Å². The summed E-state index contributed by atoms with van der Waals surface area (Å²) in [5, 5.41) is 9.69. The van der Waals surface area contributed by atoms with Gasteiger partial charge in [0.2, 0.25) is 0 Å². The maximum Gasteiger partial charge on any atom is 0.180 e. The summed E-state index contributed by atoms with van der Waals surface area (Å²) in [6.07, 6.45) is 2.69. The fourth-order valence-electron chi connectivity index (χ4n) is 4.80. The highest BCUT2D eigenvalue weighted by Crippen LogP contribution is 2.39. The lowest BCUT2D eigenvalue weighted by atomic mass is 9.89. The molecule has 5 rings (SSSR count). The molecule has 3 heterocycles. The molecule has 2 aromatic heterocycles. The van der Waals surface area contributed by atoms with Crippen LogP contribution in [0.4, 0.5) is 4.39 Å². The van der Waals surface area contributed by atoms with Crippen molar-refractivity contribution in [1.29, 1.82) is 5.26 Å². The number of nitriles is 1. The lowest BCUT2D eigenvalue weighted by Gasteiger charge is -2.13. The van der Waals surface area contributed by atoms with E-state index in [4.69, 9.17) is 14.5 Å². The van der Waals surface area contributed by atoms with Gasteiger partial charge in [-0.25, -0.2) is 9.37 Å². The van der Waals surface area contributed by atoms with Crippen molar-refractivity contribution in [2.75, 3.05) is 7.11 Å². The van der Waals surface area contributed by atoms with Crippen LogP contribution in [0.25, 0.3) is 11.2 Å². The predicted molar refractivity (Wildman–Crippen MR) is 133 cm³/mol. The monoisotopic (exact) mass is 467 g/mol. The van der Waals surface area contributed by atoms with E-state index < -0.39 is 0 Å². The number of imidazole rings is 1. The number of ether oxygens (including phenoxy) is 2. The highest BCUT2D eigenvalue weighted by molar-refractivity contribution is 5.88. The van der Waals surface area contributed by atoms with Gasteiger partial charge in [0.15, 0.2) is 11.4 Å². The molecule has 0 amide bonds. The van der Waals surface area contributed by atoms with E-state index in [0.29, 0.717) is 24.4 Å². The fraction of sp³-hybridized carbons (Fsp3) is 0.241. The summed E-state index contributed by atoms with van der Waals surface area (Å²) in [5.74, 6) is 1.07. The van der Waals surface area contributed by atoms with Gasteiger partial charge in [-0.1, -0.05) is 32.0 Å². The molecule has 1 aliphatic rings. The summed E-state index contributed by atoms with van der Waals surface area (Å²) in [7, 11) is 1.66. The minimum Gasteiger partial charge on any atom is -0.493 e. The maximum absolute atomic E-state index is 13.9. The molecule has 0 N–H and O–H groups in total. The van der Waals surface area contributed by atoms with E-state index in [0.717, 1.165) is 50.6 Å². The normalized spacial score (nSPS) is 14.1. The topological polar surface area (TPSA) is 59.5 Å². The second-order valence-corrected chi connectivity index (χ2v) is 9.08. The van der Waals surface area contributed by atoms with Gasteiger partial charge in [0.25, 0.3) is 0 Å². The maximum atomic E-state index is 13.9. The van der Waals surface area contributed by atoms with Crippen molar-refractivity contribution in [3.63, 3.8) is 0 Å². The Balaban J connectivity index is 1.62. The molecular weight excluding hydrogens is 441 g/mol. The number of benzene rings is 2. The molecular formula is C29H26FN3O2. The average molecular weight is 468 g/mol. The Labute approximate surface area is 204 Å². The molecule has 0 bridgehead atoms. The van der Waals surface area contributed by atoms with Crippen molar-refractivity contribution in [1.82, 2.24) is 9.38 Å². The van der Waals surface area contributed by atoms with Crippen LogP contribution in [0.1, 0.15) is 60.3 Å². The van der Waals surface area contributed by atoms with Crippen LogP contribution in [-0.2, 0) is 13.0 Å². The largest absolute Gasteiger partial charge is 0.493 e. The van der Waals surface area contributed by atoms with Gasteiger partial charge in [0.1, 0.15) is 18.2 Å². The zero-order chi connectivity index (χ0) is 24.7. The van der Waals surface area contributed by atoms with Crippen LogP contribution >= 0.6 is 0 Å². The number of fused-ring (bicyclic) bond motifs is 3. The Hall–Kier alpha value is -4.11. The van der Waals surface area contributed by atoms with E-state index in [1.54, 1.807) is 20.1 Å². The Kier molecular flexibility index (Phi) is 5.78. The molecule has 176 valence electrons. The summed E-state index contributed by atoms with van der Waals surface area (Å²) in [4.78, 5) is 4.90. The number of aromatic nitrogens is 2. The first-order valence-electron chi connectivity index (χ1n) is 11.6. The quantitative estimate of drug-likeness (QED) is 0.324. The third-order valence-electron chi connectivity index (χ3n) is 6.46. The number of methoxy groups -OCH3 is 1. The molecule has 0 saturated carbocycles. The van der Waals surface area contributed by atoms with Crippen molar-refractivity contribution >= 4 is 11.2 Å². The summed E-state index contributed by atoms with van der Waals surface area (Å²) < 4.78 is 27.6. The first-order valence-corrected chi connectivity index (χ1v) is 11.6. The van der Waals surface area contributed by atoms with Crippen LogP contribution in [0.3, 0.4) is 0 Å². The highest BCUT2D eigenvalue weighted by atomic mass is 19.1. The second-order valence-electron chi connectivity index (χ2n) is 9.08. The molecule has 0 aliphatic carbocycles. The highest BCUT2D eigenvalue weighted by Gasteiger charge is 2.23. The molecule has 0 saturated heterocycles. The van der Waals surface area contributed by atoms with Crippen LogP contribution in [0.5, 0.6) is 11.5 Å². The molecule has 6 heteroatoms. The first kappa shape index (κ1) is 22.7. The number of pyridine rings is 1. The van der Waals surface area contributed by atoms with E-state index in [2.05, 4.69) is 36.5 Å². The van der Waals surface area contributed by atoms with E-state index in [1.165, 1.54) is 12.1 Å². The first-order chi connectivity index (χ1) is 16.9. The molecule has 0 atom stereocenters. The Morgan fingerprint density at radius 1 is 1.20 bits per heavy atom. The Morgan fingerprint density at radius 3 is 2.74 bits per heavy atom. The lowest BCUT2D eigenvalue weighted by Crippen LogP contribution is -2.03. The van der Waals surface area contributed by atoms with Crippen LogP contribution in [-0.4, -0.2) is 16.5 Å². The van der Waals surface area contributed by atoms with Crippen molar-refractivity contribution in [2.24, 2.45) is 0 Å². The van der Waals surface area contributed by atoms with Crippen molar-refractivity contribution < 1.29 is 13.9 Å². The number of hydrogen-bond acceptors (Lipinski definition) is 4. The van der Waals surface area contributed by atoms with Gasteiger partial charge in [0, 0.05) is 35.4 Å². The smallest absolute Gasteiger partial charge is 0.180 e. The predicted octanol–water partition coefficient (Wildman–Crippen LogP) is 6.43. The molecule has 0 spiro atoms. The van der Waals surface area contributed by atoms with Crippen LogP contribution in [0.2, 0.25) is 0 Å². The SMILES string of the molecule is COc1cccn2c(Cc3ccc4c(c3)COc3cc(F)ccc3/C4=C(/C)C#N)c(C(C)C)nc12. The van der Waals surface area contributed by atoms with Crippen LogP contribution in [0.15, 0.2) is 60.3 Å². The standard InChI is InChI=1S/C29H26FN3O2/c1-17(2)28-24(33-11-5-6-25(34-4)29(33)32-28)13-19-7-9-22-20(12-19)16-35-26-14-21(30)8-10-23(26)27(22)18(3)15-31/h5-12,14,17H,13,16H2,1-4H3/b27-18-. The van der Waals surface area contributed by atoms with Crippen LogP contribution in [0, 0.1) is 17.1 Å². The van der Waals surface area contributed by atoms with Crippen LogP contribution < -0.4 is 9.47 Å². The summed E-state index contributed by atoms with van der Waals surface area (Å²) in [6, 6.07) is 16.9. The summed E-state index contributed by atoms with van der Waals surface area (Å²) >= 11 is 0. The zero-order valence-electron chi connectivity index (χ0n) is 20.2. The second kappa shape index (κ2) is 8.92. The van der Waals surface area contributed by atoms with E-state index >= 15 is 0 Å². The lowest BCUT2D eigenvalue weighted by molar-refractivity contribution is 0.305. The molecule has 0 fully saturated rings. The third-order valence-corrected chi connectivity index (χ3v) is 6.46. The molecule has 2 aromatic carbocycles. The third kappa shape index (κ3) is 3.93. The number of rotatable bonds is 4. The number of allylic oxidation sites excluding steroid dienone is 1. The van der Waals surface area contributed by atoms with Gasteiger partial charge < -0.3 is 13.9 Å². The zero-order valence-corrected chi connectivity index (χ0v) is 20.2. The average Bonchev–Trinajstić information content (AvgIpc) is 3.15. The fourth-order valence-corrected chi connectivity index (χ4v) is 4.80. The molecule has 5 nitrogen and oxygen atoms in total. The van der Waals surface area contributed by atoms with Gasteiger partial charge in [-0.05, 0) is 53.8 Å².